The van der Waals surface area contributed by atoms with Crippen LogP contribution in [0.1, 0.15) is 39.5 Å². The van der Waals surface area contributed by atoms with Crippen molar-refractivity contribution < 1.29 is 4.79 Å². The second-order valence-electron chi connectivity index (χ2n) is 5.55. The van der Waals surface area contributed by atoms with Gasteiger partial charge in [-0.15, -0.1) is 24.8 Å². The summed E-state index contributed by atoms with van der Waals surface area (Å²) in [5, 5.41) is 3.34. The Bertz CT molecular complexity index is 286. The Morgan fingerprint density at radius 3 is 2.45 bits per heavy atom. The smallest absolute Gasteiger partial charge is 0.239 e. The van der Waals surface area contributed by atoms with E-state index in [1.807, 2.05) is 0 Å². The number of hydrogen-bond donors (Lipinski definition) is 1. The van der Waals surface area contributed by atoms with E-state index in [1.54, 1.807) is 0 Å². The molecule has 0 radical (unpaired) electrons. The minimum Gasteiger partial charge on any atom is -0.338 e. The maximum atomic E-state index is 12.6. The summed E-state index contributed by atoms with van der Waals surface area (Å²) in [6.45, 7) is 9.26. The molecule has 0 saturated carbocycles. The van der Waals surface area contributed by atoms with Gasteiger partial charge in [-0.05, 0) is 32.6 Å². The van der Waals surface area contributed by atoms with Gasteiger partial charge in [-0.3, -0.25) is 9.69 Å². The van der Waals surface area contributed by atoms with Crippen LogP contribution in [0.4, 0.5) is 0 Å². The van der Waals surface area contributed by atoms with E-state index in [4.69, 9.17) is 0 Å². The highest BCUT2D eigenvalue weighted by molar-refractivity contribution is 5.85. The Morgan fingerprint density at radius 2 is 1.85 bits per heavy atom. The minimum atomic E-state index is 0. The zero-order chi connectivity index (χ0) is 13.0. The summed E-state index contributed by atoms with van der Waals surface area (Å²) < 4.78 is 0. The number of piperazine rings is 1. The van der Waals surface area contributed by atoms with Crippen molar-refractivity contribution in [3.8, 4) is 0 Å². The molecule has 1 N–H and O–H groups in total. The van der Waals surface area contributed by atoms with Gasteiger partial charge >= 0.3 is 0 Å². The molecule has 2 saturated heterocycles. The number of nitrogens with one attached hydrogen (secondary N) is 1. The van der Waals surface area contributed by atoms with Crippen LogP contribution in [0.3, 0.4) is 0 Å². The topological polar surface area (TPSA) is 35.6 Å². The third-order valence-corrected chi connectivity index (χ3v) is 4.44. The minimum absolute atomic E-state index is 0. The fourth-order valence-corrected chi connectivity index (χ4v) is 3.18. The average molecular weight is 326 g/mol. The zero-order valence-corrected chi connectivity index (χ0v) is 14.3. The van der Waals surface area contributed by atoms with Crippen molar-refractivity contribution >= 4 is 30.7 Å². The second kappa shape index (κ2) is 9.82. The Morgan fingerprint density at radius 1 is 1.20 bits per heavy atom. The summed E-state index contributed by atoms with van der Waals surface area (Å²) in [7, 11) is 0. The van der Waals surface area contributed by atoms with Gasteiger partial charge in [0.1, 0.15) is 0 Å². The van der Waals surface area contributed by atoms with Crippen LogP contribution in [0.25, 0.3) is 0 Å². The van der Waals surface area contributed by atoms with Crippen LogP contribution in [0.5, 0.6) is 0 Å². The Kier molecular flexibility index (Phi) is 9.81. The van der Waals surface area contributed by atoms with E-state index in [0.717, 1.165) is 39.1 Å². The molecule has 2 rings (SSSR count). The lowest BCUT2D eigenvalue weighted by molar-refractivity contribution is -0.140. The number of rotatable bonds is 3. The summed E-state index contributed by atoms with van der Waals surface area (Å²) in [5.74, 6) is 0.350. The molecule has 2 fully saturated rings. The molecule has 4 nitrogen and oxygen atoms in total. The van der Waals surface area contributed by atoms with Crippen molar-refractivity contribution in [2.24, 2.45) is 0 Å². The van der Waals surface area contributed by atoms with E-state index in [-0.39, 0.29) is 30.9 Å². The van der Waals surface area contributed by atoms with Crippen LogP contribution in [-0.4, -0.2) is 60.5 Å². The van der Waals surface area contributed by atoms with Gasteiger partial charge in [-0.25, -0.2) is 0 Å². The van der Waals surface area contributed by atoms with E-state index < -0.39 is 0 Å². The molecule has 120 valence electrons. The Balaban J connectivity index is 0.00000180. The number of nitrogens with zero attached hydrogens (tertiary/aromatic N) is 2. The SMILES string of the molecule is CCC1CCCCN1C(=O)C(C)N1CCNCC1.Cl.Cl. The molecule has 0 aromatic rings. The maximum absolute atomic E-state index is 12.6. The molecule has 0 spiro atoms. The van der Waals surface area contributed by atoms with E-state index >= 15 is 0 Å². The molecule has 2 aliphatic heterocycles. The number of amides is 1. The van der Waals surface area contributed by atoms with Crippen LogP contribution < -0.4 is 5.32 Å². The molecule has 2 atom stereocenters. The van der Waals surface area contributed by atoms with Crippen LogP contribution in [0, 0.1) is 0 Å². The quantitative estimate of drug-likeness (QED) is 0.861. The number of halogens is 2. The fraction of sp³-hybridized carbons (Fsp3) is 0.929. The summed E-state index contributed by atoms with van der Waals surface area (Å²) in [6.07, 6.45) is 4.75. The molecule has 6 heteroatoms. The molecule has 2 unspecified atom stereocenters. The van der Waals surface area contributed by atoms with Crippen molar-refractivity contribution in [3.05, 3.63) is 0 Å². The standard InChI is InChI=1S/C14H27N3O.2ClH/c1-3-13-6-4-5-9-17(13)14(18)12(2)16-10-7-15-8-11-16;;/h12-13,15H,3-11H2,1-2H3;2*1H. The Labute approximate surface area is 135 Å². The lowest BCUT2D eigenvalue weighted by atomic mass is 9.99. The molecule has 2 aliphatic rings. The molecular weight excluding hydrogens is 297 g/mol. The van der Waals surface area contributed by atoms with E-state index in [2.05, 4.69) is 29.0 Å². The van der Waals surface area contributed by atoms with Gasteiger partial charge in [0.05, 0.1) is 6.04 Å². The molecule has 0 aromatic carbocycles. The van der Waals surface area contributed by atoms with E-state index in [9.17, 15) is 4.79 Å². The zero-order valence-electron chi connectivity index (χ0n) is 12.6. The van der Waals surface area contributed by atoms with Gasteiger partial charge in [-0.2, -0.15) is 0 Å². The number of piperidine rings is 1. The fourth-order valence-electron chi connectivity index (χ4n) is 3.18. The highest BCUT2D eigenvalue weighted by Crippen LogP contribution is 2.21. The first kappa shape index (κ1) is 20.0. The van der Waals surface area contributed by atoms with Gasteiger partial charge in [0, 0.05) is 38.8 Å². The third kappa shape index (κ3) is 4.76. The summed E-state index contributed by atoms with van der Waals surface area (Å²) in [4.78, 5) is 17.1. The van der Waals surface area contributed by atoms with Crippen molar-refractivity contribution in [1.29, 1.82) is 0 Å². The monoisotopic (exact) mass is 325 g/mol. The third-order valence-electron chi connectivity index (χ3n) is 4.44. The largest absolute Gasteiger partial charge is 0.338 e. The lowest BCUT2D eigenvalue weighted by Gasteiger charge is -2.40. The molecule has 2 heterocycles. The summed E-state index contributed by atoms with van der Waals surface area (Å²) >= 11 is 0. The molecule has 0 bridgehead atoms. The first-order valence-corrected chi connectivity index (χ1v) is 7.49. The summed E-state index contributed by atoms with van der Waals surface area (Å²) in [6, 6.07) is 0.538. The van der Waals surface area contributed by atoms with Crippen LogP contribution in [-0.2, 0) is 4.79 Å². The normalized spacial score (nSPS) is 25.3. The number of likely N-dealkylation sites (tertiary alicyclic amines) is 1. The number of carbonyl (C=O) groups is 1. The first-order valence-electron chi connectivity index (χ1n) is 7.49. The van der Waals surface area contributed by atoms with Crippen molar-refractivity contribution in [2.45, 2.75) is 51.6 Å². The van der Waals surface area contributed by atoms with Gasteiger partial charge in [0.2, 0.25) is 5.91 Å². The molecule has 1 amide bonds. The van der Waals surface area contributed by atoms with E-state index in [0.29, 0.717) is 11.9 Å². The lowest BCUT2D eigenvalue weighted by Crippen LogP contribution is -2.56. The maximum Gasteiger partial charge on any atom is 0.239 e. The van der Waals surface area contributed by atoms with Gasteiger partial charge in [-0.1, -0.05) is 6.92 Å². The molecule has 20 heavy (non-hydrogen) atoms. The van der Waals surface area contributed by atoms with Crippen molar-refractivity contribution in [3.63, 3.8) is 0 Å². The predicted molar refractivity (Wildman–Crippen MR) is 88.0 cm³/mol. The van der Waals surface area contributed by atoms with Gasteiger partial charge in [0.15, 0.2) is 0 Å². The van der Waals surface area contributed by atoms with Gasteiger partial charge < -0.3 is 10.2 Å². The Hall–Kier alpha value is -0.0300. The predicted octanol–water partition coefficient (Wildman–Crippen LogP) is 1.91. The van der Waals surface area contributed by atoms with Crippen LogP contribution >= 0.6 is 24.8 Å². The van der Waals surface area contributed by atoms with Crippen LogP contribution in [0.2, 0.25) is 0 Å². The van der Waals surface area contributed by atoms with Crippen LogP contribution in [0.15, 0.2) is 0 Å². The molecule has 0 aliphatic carbocycles. The highest BCUT2D eigenvalue weighted by atomic mass is 35.5. The second-order valence-corrected chi connectivity index (χ2v) is 5.55. The molecular formula is C14H29Cl2N3O. The number of hydrogen-bond acceptors (Lipinski definition) is 3. The van der Waals surface area contributed by atoms with E-state index in [1.165, 1.54) is 19.3 Å². The highest BCUT2D eigenvalue weighted by Gasteiger charge is 2.31. The first-order chi connectivity index (χ1) is 8.74. The van der Waals surface area contributed by atoms with Crippen molar-refractivity contribution in [2.75, 3.05) is 32.7 Å². The average Bonchev–Trinajstić information content (AvgIpc) is 2.46. The van der Waals surface area contributed by atoms with Gasteiger partial charge in [0.25, 0.3) is 0 Å². The number of carbonyl (C=O) groups excluding carboxylic acids is 1. The van der Waals surface area contributed by atoms with Crippen molar-refractivity contribution in [1.82, 2.24) is 15.1 Å². The summed E-state index contributed by atoms with van der Waals surface area (Å²) in [5.41, 5.74) is 0. The molecule has 0 aromatic heterocycles.